The van der Waals surface area contributed by atoms with Gasteiger partial charge in [-0.1, -0.05) is 38.8 Å². The fourth-order valence-electron chi connectivity index (χ4n) is 2.50. The SMILES string of the molecule is CN=C(NCC(=O)NCc1ccc(OC)cc1)NC(C)CCCC(C)C.I. The summed E-state index contributed by atoms with van der Waals surface area (Å²) in [7, 11) is 3.35. The van der Waals surface area contributed by atoms with Crippen molar-refractivity contribution in [3.05, 3.63) is 29.8 Å². The van der Waals surface area contributed by atoms with Crippen LogP contribution < -0.4 is 20.7 Å². The Bertz CT molecular complexity index is 562. The molecule has 27 heavy (non-hydrogen) atoms. The van der Waals surface area contributed by atoms with E-state index in [0.29, 0.717) is 18.5 Å². The van der Waals surface area contributed by atoms with Gasteiger partial charge in [-0.25, -0.2) is 0 Å². The quantitative estimate of drug-likeness (QED) is 0.267. The molecule has 1 rings (SSSR count). The fraction of sp³-hybridized carbons (Fsp3) is 0.600. The van der Waals surface area contributed by atoms with Crippen molar-refractivity contribution in [1.29, 1.82) is 0 Å². The van der Waals surface area contributed by atoms with Crippen LogP contribution in [0.3, 0.4) is 0 Å². The van der Waals surface area contributed by atoms with Crippen LogP contribution in [-0.4, -0.2) is 38.6 Å². The zero-order valence-electron chi connectivity index (χ0n) is 17.2. The number of amides is 1. The number of methoxy groups -OCH3 is 1. The molecular formula is C20H35IN4O2. The third-order valence-electron chi connectivity index (χ3n) is 4.09. The van der Waals surface area contributed by atoms with Crippen molar-refractivity contribution in [2.45, 2.75) is 52.6 Å². The van der Waals surface area contributed by atoms with E-state index in [1.54, 1.807) is 14.2 Å². The molecule has 0 aliphatic carbocycles. The standard InChI is InChI=1S/C20H34N4O2.HI/c1-15(2)7-6-8-16(3)24-20(21-4)23-14-19(25)22-13-17-9-11-18(26-5)12-10-17;/h9-12,15-16H,6-8,13-14H2,1-5H3,(H,22,25)(H2,21,23,24);1H. The third-order valence-corrected chi connectivity index (χ3v) is 4.09. The molecule has 0 aliphatic heterocycles. The molecule has 1 amide bonds. The van der Waals surface area contributed by atoms with E-state index in [4.69, 9.17) is 4.74 Å². The molecule has 0 radical (unpaired) electrons. The Kier molecular flexibility index (Phi) is 13.7. The summed E-state index contributed by atoms with van der Waals surface area (Å²) in [5.41, 5.74) is 1.03. The maximum atomic E-state index is 12.0. The average molecular weight is 490 g/mol. The Balaban J connectivity index is 0.00000676. The molecule has 0 fully saturated rings. The van der Waals surface area contributed by atoms with Crippen LogP contribution >= 0.6 is 24.0 Å². The van der Waals surface area contributed by atoms with Gasteiger partial charge in [0.2, 0.25) is 5.91 Å². The van der Waals surface area contributed by atoms with E-state index in [9.17, 15) is 4.79 Å². The summed E-state index contributed by atoms with van der Waals surface area (Å²) >= 11 is 0. The number of hydrogen-bond donors (Lipinski definition) is 3. The van der Waals surface area contributed by atoms with Gasteiger partial charge in [0.15, 0.2) is 5.96 Å². The number of guanidine groups is 1. The number of aliphatic imine (C=N–C) groups is 1. The predicted molar refractivity (Wildman–Crippen MR) is 123 cm³/mol. The summed E-state index contributed by atoms with van der Waals surface area (Å²) < 4.78 is 5.12. The topological polar surface area (TPSA) is 74.8 Å². The highest BCUT2D eigenvalue weighted by Crippen LogP contribution is 2.11. The number of nitrogens with zero attached hydrogens (tertiary/aromatic N) is 1. The Hall–Kier alpha value is -1.51. The number of carbonyl (C=O) groups excluding carboxylic acids is 1. The van der Waals surface area contributed by atoms with Crippen LogP contribution in [0.4, 0.5) is 0 Å². The maximum Gasteiger partial charge on any atom is 0.239 e. The van der Waals surface area contributed by atoms with Crippen molar-refractivity contribution in [2.24, 2.45) is 10.9 Å². The Morgan fingerprint density at radius 3 is 2.33 bits per heavy atom. The Morgan fingerprint density at radius 1 is 1.11 bits per heavy atom. The summed E-state index contributed by atoms with van der Waals surface area (Å²) in [6.07, 6.45) is 3.50. The summed E-state index contributed by atoms with van der Waals surface area (Å²) in [4.78, 5) is 16.2. The van der Waals surface area contributed by atoms with Gasteiger partial charge in [0.1, 0.15) is 5.75 Å². The van der Waals surface area contributed by atoms with Crippen molar-refractivity contribution < 1.29 is 9.53 Å². The van der Waals surface area contributed by atoms with Gasteiger partial charge in [-0.05, 0) is 37.0 Å². The zero-order chi connectivity index (χ0) is 19.4. The van der Waals surface area contributed by atoms with Crippen LogP contribution in [0, 0.1) is 5.92 Å². The minimum absolute atomic E-state index is 0. The molecule has 0 aromatic heterocycles. The summed E-state index contributed by atoms with van der Waals surface area (Å²) in [5.74, 6) is 2.12. The number of benzene rings is 1. The molecule has 0 saturated heterocycles. The van der Waals surface area contributed by atoms with E-state index in [-0.39, 0.29) is 36.4 Å². The third kappa shape index (κ3) is 11.7. The second-order valence-electron chi connectivity index (χ2n) is 6.92. The molecule has 6 nitrogen and oxygen atoms in total. The zero-order valence-corrected chi connectivity index (χ0v) is 19.5. The molecule has 1 atom stereocenters. The van der Waals surface area contributed by atoms with Gasteiger partial charge in [0.05, 0.1) is 13.7 Å². The van der Waals surface area contributed by atoms with Crippen LogP contribution in [0.25, 0.3) is 0 Å². The second-order valence-corrected chi connectivity index (χ2v) is 6.92. The number of nitrogens with one attached hydrogen (secondary N) is 3. The number of hydrogen-bond acceptors (Lipinski definition) is 3. The van der Waals surface area contributed by atoms with Crippen molar-refractivity contribution in [1.82, 2.24) is 16.0 Å². The van der Waals surface area contributed by atoms with Crippen molar-refractivity contribution in [3.8, 4) is 5.75 Å². The van der Waals surface area contributed by atoms with Gasteiger partial charge >= 0.3 is 0 Å². The largest absolute Gasteiger partial charge is 0.497 e. The first-order chi connectivity index (χ1) is 12.4. The molecule has 0 spiro atoms. The van der Waals surface area contributed by atoms with Crippen LogP contribution in [0.5, 0.6) is 5.75 Å². The lowest BCUT2D eigenvalue weighted by Gasteiger charge is -2.18. The predicted octanol–water partition coefficient (Wildman–Crippen LogP) is 3.31. The molecule has 1 aromatic carbocycles. The molecule has 0 bridgehead atoms. The maximum absolute atomic E-state index is 12.0. The van der Waals surface area contributed by atoms with E-state index in [1.807, 2.05) is 24.3 Å². The van der Waals surface area contributed by atoms with Crippen LogP contribution in [0.15, 0.2) is 29.3 Å². The van der Waals surface area contributed by atoms with E-state index >= 15 is 0 Å². The molecule has 3 N–H and O–H groups in total. The molecular weight excluding hydrogens is 455 g/mol. The number of carbonyl (C=O) groups is 1. The Labute approximate surface area is 181 Å². The normalized spacial score (nSPS) is 12.1. The molecule has 7 heteroatoms. The smallest absolute Gasteiger partial charge is 0.239 e. The first-order valence-corrected chi connectivity index (χ1v) is 9.31. The molecule has 0 heterocycles. The lowest BCUT2D eigenvalue weighted by Crippen LogP contribution is -2.46. The van der Waals surface area contributed by atoms with Gasteiger partial charge in [-0.15, -0.1) is 24.0 Å². The molecule has 154 valence electrons. The number of ether oxygens (including phenoxy) is 1. The van der Waals surface area contributed by atoms with E-state index in [2.05, 4.69) is 41.7 Å². The van der Waals surface area contributed by atoms with Crippen molar-refractivity contribution >= 4 is 35.8 Å². The molecule has 0 saturated carbocycles. The highest BCUT2D eigenvalue weighted by molar-refractivity contribution is 14.0. The monoisotopic (exact) mass is 490 g/mol. The average Bonchev–Trinajstić information content (AvgIpc) is 2.63. The van der Waals surface area contributed by atoms with Gasteiger partial charge in [-0.3, -0.25) is 9.79 Å². The van der Waals surface area contributed by atoms with Gasteiger partial charge in [-0.2, -0.15) is 0 Å². The highest BCUT2D eigenvalue weighted by atomic mass is 127. The number of rotatable bonds is 10. The van der Waals surface area contributed by atoms with Crippen molar-refractivity contribution in [3.63, 3.8) is 0 Å². The lowest BCUT2D eigenvalue weighted by molar-refractivity contribution is -0.120. The summed E-state index contributed by atoms with van der Waals surface area (Å²) in [6, 6.07) is 7.96. The lowest BCUT2D eigenvalue weighted by atomic mass is 10.0. The van der Waals surface area contributed by atoms with Gasteiger partial charge in [0, 0.05) is 19.6 Å². The molecule has 0 aliphatic rings. The van der Waals surface area contributed by atoms with Gasteiger partial charge in [0.25, 0.3) is 0 Å². The van der Waals surface area contributed by atoms with Crippen molar-refractivity contribution in [2.75, 3.05) is 20.7 Å². The second kappa shape index (κ2) is 14.5. The minimum Gasteiger partial charge on any atom is -0.497 e. The first-order valence-electron chi connectivity index (χ1n) is 9.31. The fourth-order valence-corrected chi connectivity index (χ4v) is 2.50. The molecule has 1 aromatic rings. The summed E-state index contributed by atoms with van der Waals surface area (Å²) in [6.45, 7) is 7.29. The van der Waals surface area contributed by atoms with E-state index in [1.165, 1.54) is 12.8 Å². The Morgan fingerprint density at radius 2 is 1.78 bits per heavy atom. The first kappa shape index (κ1) is 25.5. The number of halogens is 1. The van der Waals surface area contributed by atoms with Crippen LogP contribution in [-0.2, 0) is 11.3 Å². The van der Waals surface area contributed by atoms with E-state index in [0.717, 1.165) is 23.7 Å². The molecule has 1 unspecified atom stereocenters. The van der Waals surface area contributed by atoms with Gasteiger partial charge < -0.3 is 20.7 Å². The highest BCUT2D eigenvalue weighted by Gasteiger charge is 2.08. The minimum atomic E-state index is -0.0729. The van der Waals surface area contributed by atoms with Crippen LogP contribution in [0.2, 0.25) is 0 Å². The van der Waals surface area contributed by atoms with E-state index < -0.39 is 0 Å². The summed E-state index contributed by atoms with van der Waals surface area (Å²) in [5, 5.41) is 9.28. The van der Waals surface area contributed by atoms with Crippen LogP contribution in [0.1, 0.15) is 45.6 Å².